The van der Waals surface area contributed by atoms with Gasteiger partial charge in [0.15, 0.2) is 0 Å². The smallest absolute Gasteiger partial charge is 0.253 e. The van der Waals surface area contributed by atoms with Crippen molar-refractivity contribution < 1.29 is 4.79 Å². The average Bonchev–Trinajstić information content (AvgIpc) is 3.00. The highest BCUT2D eigenvalue weighted by atomic mass is 79.9. The van der Waals surface area contributed by atoms with Gasteiger partial charge in [0.25, 0.3) is 5.91 Å². The highest BCUT2D eigenvalue weighted by Crippen LogP contribution is 2.23. The Morgan fingerprint density at radius 1 is 1.09 bits per heavy atom. The Bertz CT molecular complexity index is 663. The number of halogens is 1. The van der Waals surface area contributed by atoms with Crippen LogP contribution in [0.4, 0.5) is 0 Å². The van der Waals surface area contributed by atoms with E-state index in [1.165, 1.54) is 8.66 Å². The summed E-state index contributed by atoms with van der Waals surface area (Å²) in [4.78, 5) is 18.2. The van der Waals surface area contributed by atoms with Gasteiger partial charge in [0.1, 0.15) is 0 Å². The van der Waals surface area contributed by atoms with E-state index in [1.54, 1.807) is 11.3 Å². The van der Waals surface area contributed by atoms with Crippen molar-refractivity contribution in [1.29, 1.82) is 0 Å². The molecule has 1 aliphatic heterocycles. The lowest BCUT2D eigenvalue weighted by molar-refractivity contribution is 0.0629. The predicted octanol–water partition coefficient (Wildman–Crippen LogP) is 2.93. The first-order valence-electron chi connectivity index (χ1n) is 7.70. The molecule has 2 heterocycles. The van der Waals surface area contributed by atoms with Gasteiger partial charge in [0, 0.05) is 49.7 Å². The van der Waals surface area contributed by atoms with E-state index in [-0.39, 0.29) is 5.91 Å². The molecule has 1 fully saturated rings. The van der Waals surface area contributed by atoms with Crippen LogP contribution in [-0.2, 0) is 13.1 Å². The standard InChI is InChI=1S/C17H20BrN3OS/c18-16-6-5-15(23-16)12-20-7-9-21(10-8-20)17(22)14-3-1-13(11-19)2-4-14/h1-6H,7-12,19H2. The van der Waals surface area contributed by atoms with Gasteiger partial charge in [-0.15, -0.1) is 11.3 Å². The van der Waals surface area contributed by atoms with Crippen LogP contribution in [0.3, 0.4) is 0 Å². The Morgan fingerprint density at radius 3 is 2.35 bits per heavy atom. The molecular weight excluding hydrogens is 374 g/mol. The first-order chi connectivity index (χ1) is 11.2. The van der Waals surface area contributed by atoms with Crippen molar-refractivity contribution in [2.24, 2.45) is 5.73 Å². The van der Waals surface area contributed by atoms with Crippen molar-refractivity contribution in [3.63, 3.8) is 0 Å². The summed E-state index contributed by atoms with van der Waals surface area (Å²) < 4.78 is 1.17. The summed E-state index contributed by atoms with van der Waals surface area (Å²) in [5.74, 6) is 0.118. The topological polar surface area (TPSA) is 49.6 Å². The zero-order valence-corrected chi connectivity index (χ0v) is 15.3. The number of hydrogen-bond donors (Lipinski definition) is 1. The molecule has 0 spiro atoms. The van der Waals surface area contributed by atoms with Crippen LogP contribution in [0.2, 0.25) is 0 Å². The lowest BCUT2D eigenvalue weighted by Gasteiger charge is -2.34. The minimum Gasteiger partial charge on any atom is -0.336 e. The summed E-state index contributed by atoms with van der Waals surface area (Å²) >= 11 is 5.27. The van der Waals surface area contributed by atoms with E-state index in [0.29, 0.717) is 6.54 Å². The number of piperazine rings is 1. The van der Waals surface area contributed by atoms with Gasteiger partial charge in [-0.25, -0.2) is 0 Å². The number of thiophene rings is 1. The van der Waals surface area contributed by atoms with E-state index in [4.69, 9.17) is 5.73 Å². The number of rotatable bonds is 4. The number of amides is 1. The highest BCUT2D eigenvalue weighted by Gasteiger charge is 2.22. The van der Waals surface area contributed by atoms with E-state index in [1.807, 2.05) is 29.2 Å². The number of carbonyl (C=O) groups excluding carboxylic acids is 1. The molecule has 122 valence electrons. The molecule has 0 unspecified atom stereocenters. The second-order valence-electron chi connectivity index (χ2n) is 5.68. The molecule has 0 aliphatic carbocycles. The largest absolute Gasteiger partial charge is 0.336 e. The number of nitrogens with zero attached hydrogens (tertiary/aromatic N) is 2. The molecular formula is C17H20BrN3OS. The molecule has 0 bridgehead atoms. The molecule has 4 nitrogen and oxygen atoms in total. The lowest BCUT2D eigenvalue weighted by Crippen LogP contribution is -2.48. The molecule has 0 radical (unpaired) electrons. The van der Waals surface area contributed by atoms with Gasteiger partial charge in [0.05, 0.1) is 3.79 Å². The van der Waals surface area contributed by atoms with Crippen molar-refractivity contribution in [3.8, 4) is 0 Å². The lowest BCUT2D eigenvalue weighted by atomic mass is 10.1. The Hall–Kier alpha value is -1.21. The van der Waals surface area contributed by atoms with Gasteiger partial charge in [-0.2, -0.15) is 0 Å². The van der Waals surface area contributed by atoms with E-state index >= 15 is 0 Å². The summed E-state index contributed by atoms with van der Waals surface area (Å²) in [6.45, 7) is 4.87. The fourth-order valence-corrected chi connectivity index (χ4v) is 4.26. The van der Waals surface area contributed by atoms with E-state index in [0.717, 1.165) is 43.9 Å². The summed E-state index contributed by atoms with van der Waals surface area (Å²) in [6.07, 6.45) is 0. The van der Waals surface area contributed by atoms with Crippen LogP contribution in [0.1, 0.15) is 20.8 Å². The van der Waals surface area contributed by atoms with E-state index < -0.39 is 0 Å². The first-order valence-corrected chi connectivity index (χ1v) is 9.31. The van der Waals surface area contributed by atoms with Gasteiger partial charge in [-0.1, -0.05) is 12.1 Å². The Kier molecular flexibility index (Phi) is 5.48. The minimum atomic E-state index is 0.118. The van der Waals surface area contributed by atoms with Gasteiger partial charge in [0.2, 0.25) is 0 Å². The molecule has 1 amide bonds. The number of nitrogens with two attached hydrogens (primary N) is 1. The van der Waals surface area contributed by atoms with Gasteiger partial charge in [-0.05, 0) is 45.8 Å². The SMILES string of the molecule is NCc1ccc(C(=O)N2CCN(Cc3ccc(Br)s3)CC2)cc1. The van der Waals surface area contributed by atoms with Crippen molar-refractivity contribution in [1.82, 2.24) is 9.80 Å². The summed E-state index contributed by atoms with van der Waals surface area (Å²) in [6, 6.07) is 11.9. The quantitative estimate of drug-likeness (QED) is 0.868. The second kappa shape index (κ2) is 7.57. The Balaban J connectivity index is 1.54. The summed E-state index contributed by atoms with van der Waals surface area (Å²) in [5.41, 5.74) is 7.39. The molecule has 0 atom stereocenters. The van der Waals surface area contributed by atoms with Crippen LogP contribution in [0.15, 0.2) is 40.2 Å². The van der Waals surface area contributed by atoms with Crippen LogP contribution in [0, 0.1) is 0 Å². The second-order valence-corrected chi connectivity index (χ2v) is 8.22. The Morgan fingerprint density at radius 2 is 1.78 bits per heavy atom. The fourth-order valence-electron chi connectivity index (χ4n) is 2.73. The molecule has 1 aromatic carbocycles. The zero-order chi connectivity index (χ0) is 16.2. The number of carbonyl (C=O) groups is 1. The van der Waals surface area contributed by atoms with Crippen LogP contribution < -0.4 is 5.73 Å². The molecule has 2 aromatic rings. The summed E-state index contributed by atoms with van der Waals surface area (Å²) in [7, 11) is 0. The van der Waals surface area contributed by atoms with Crippen molar-refractivity contribution in [2.75, 3.05) is 26.2 Å². The molecule has 6 heteroatoms. The third-order valence-corrected chi connectivity index (χ3v) is 5.71. The molecule has 1 aliphatic rings. The third-order valence-electron chi connectivity index (χ3n) is 4.10. The molecule has 1 saturated heterocycles. The van der Waals surface area contributed by atoms with Crippen molar-refractivity contribution >= 4 is 33.2 Å². The average molecular weight is 394 g/mol. The predicted molar refractivity (Wildman–Crippen MR) is 97.5 cm³/mol. The third kappa shape index (κ3) is 4.20. The molecule has 1 aromatic heterocycles. The molecule has 23 heavy (non-hydrogen) atoms. The Labute approximate surface area is 149 Å². The fraction of sp³-hybridized carbons (Fsp3) is 0.353. The molecule has 2 N–H and O–H groups in total. The number of hydrogen-bond acceptors (Lipinski definition) is 4. The van der Waals surface area contributed by atoms with Crippen LogP contribution in [0.5, 0.6) is 0 Å². The van der Waals surface area contributed by atoms with Crippen LogP contribution in [-0.4, -0.2) is 41.9 Å². The highest BCUT2D eigenvalue weighted by molar-refractivity contribution is 9.11. The maximum Gasteiger partial charge on any atom is 0.253 e. The van der Waals surface area contributed by atoms with Crippen molar-refractivity contribution in [2.45, 2.75) is 13.1 Å². The van der Waals surface area contributed by atoms with Gasteiger partial charge >= 0.3 is 0 Å². The molecule has 3 rings (SSSR count). The normalized spacial score (nSPS) is 15.8. The van der Waals surface area contributed by atoms with Crippen molar-refractivity contribution in [3.05, 3.63) is 56.2 Å². The van der Waals surface area contributed by atoms with E-state index in [2.05, 4.69) is 33.0 Å². The monoisotopic (exact) mass is 393 g/mol. The van der Waals surface area contributed by atoms with Gasteiger partial charge in [-0.3, -0.25) is 9.69 Å². The first kappa shape index (κ1) is 16.6. The number of benzene rings is 1. The summed E-state index contributed by atoms with van der Waals surface area (Å²) in [5, 5.41) is 0. The van der Waals surface area contributed by atoms with Gasteiger partial charge < -0.3 is 10.6 Å². The molecule has 0 saturated carbocycles. The minimum absolute atomic E-state index is 0.118. The maximum atomic E-state index is 12.5. The van der Waals surface area contributed by atoms with Crippen LogP contribution in [0.25, 0.3) is 0 Å². The van der Waals surface area contributed by atoms with E-state index in [9.17, 15) is 4.79 Å². The zero-order valence-electron chi connectivity index (χ0n) is 12.9. The van der Waals surface area contributed by atoms with Crippen LogP contribution >= 0.6 is 27.3 Å². The maximum absolute atomic E-state index is 12.5.